The summed E-state index contributed by atoms with van der Waals surface area (Å²) < 4.78 is 10.9. The third-order valence-electron chi connectivity index (χ3n) is 9.25. The zero-order valence-corrected chi connectivity index (χ0v) is 39.7. The molecule has 1 aliphatic rings. The minimum atomic E-state index is -1.03. The number of ether oxygens (including phenoxy) is 2. The fourth-order valence-corrected chi connectivity index (χ4v) is 7.38. The molecule has 0 fully saturated rings. The topological polar surface area (TPSA) is 89.3 Å². The smallest absolute Gasteiger partial charge is 0.872 e. The fraction of sp³-hybridized carbons (Fsp3) is 0.409. The van der Waals surface area contributed by atoms with E-state index in [0.717, 1.165) is 35.6 Å². The molecule has 0 radical (unpaired) electrons. The first-order chi connectivity index (χ1) is 25.9. The van der Waals surface area contributed by atoms with Crippen molar-refractivity contribution in [2.24, 2.45) is 9.98 Å². The number of nitrogens with zero attached hydrogens (tertiary/aromatic N) is 2. The number of benzene rings is 4. The van der Waals surface area contributed by atoms with E-state index in [0.29, 0.717) is 11.8 Å². The first-order valence-electron chi connectivity index (χ1n) is 18.4. The van der Waals surface area contributed by atoms with Gasteiger partial charge in [-0.05, 0) is 64.3 Å². The molecule has 0 saturated carbocycles. The molecule has 0 bridgehead atoms. The summed E-state index contributed by atoms with van der Waals surface area (Å²) >= 11 is 35.5. The third-order valence-corrected chi connectivity index (χ3v) is 11.7. The molecular weight excluding hydrogens is 892 g/mol. The van der Waals surface area contributed by atoms with Crippen molar-refractivity contribution in [1.82, 2.24) is 0 Å². The Labute approximate surface area is 377 Å². The van der Waals surface area contributed by atoms with E-state index in [-0.39, 0.29) is 70.4 Å². The van der Waals surface area contributed by atoms with Crippen molar-refractivity contribution in [2.75, 3.05) is 0 Å². The Morgan fingerprint density at radius 2 is 1.09 bits per heavy atom. The Kier molecular flexibility index (Phi) is 16.6. The predicted octanol–water partition coefficient (Wildman–Crippen LogP) is 15.8. The molecule has 1 heterocycles. The molecule has 0 amide bonds. The monoisotopic (exact) mass is 936 g/mol. The van der Waals surface area contributed by atoms with E-state index in [1.807, 2.05) is 0 Å². The van der Waals surface area contributed by atoms with Gasteiger partial charge in [0.15, 0.2) is 23.0 Å². The van der Waals surface area contributed by atoms with Crippen LogP contribution < -0.4 is 19.7 Å². The van der Waals surface area contributed by atoms with Crippen LogP contribution in [0.4, 0.5) is 11.4 Å². The van der Waals surface area contributed by atoms with E-state index in [1.165, 1.54) is 22.3 Å². The summed E-state index contributed by atoms with van der Waals surface area (Å²) in [6.45, 7) is 27.0. The van der Waals surface area contributed by atoms with Gasteiger partial charge in [-0.2, -0.15) is 0 Å². The van der Waals surface area contributed by atoms with Crippen LogP contribution in [0.2, 0.25) is 30.1 Å². The maximum Gasteiger partial charge on any atom is 2.00 e. The van der Waals surface area contributed by atoms with Crippen LogP contribution in [0, 0.1) is 0 Å². The normalized spacial score (nSPS) is 13.0. The van der Waals surface area contributed by atoms with Gasteiger partial charge in [0.1, 0.15) is 10.0 Å². The van der Waals surface area contributed by atoms with Crippen LogP contribution in [0.25, 0.3) is 0 Å². The molecule has 4 aromatic carbocycles. The molecule has 0 aromatic heterocycles. The summed E-state index contributed by atoms with van der Waals surface area (Å²) in [4.78, 5) is 10.6. The first kappa shape index (κ1) is 49.0. The number of hydrogen-bond donors (Lipinski definition) is 0. The SMILES string of the molecule is CCCC(=Nc1c(C(C)C)cccc1C(C)C)C(C)=Nc1cc(C(C)(C)C)ccc1C(C)(C)C.[Ni+2].[O-]c1c([O-])c(Cl)c2c(c1Cl)Oc1c(Cl)c(Cl)c(Cl)c(Cl)c1O2. The molecule has 4 aromatic rings. The fourth-order valence-electron chi connectivity index (χ4n) is 6.07. The summed E-state index contributed by atoms with van der Waals surface area (Å²) in [5.41, 5.74) is 9.66. The molecule has 0 atom stereocenters. The molecular formula is C44H48Cl6N2NiO4. The molecule has 6 nitrogen and oxygen atoms in total. The van der Waals surface area contributed by atoms with Gasteiger partial charge in [-0.25, -0.2) is 0 Å². The van der Waals surface area contributed by atoms with E-state index in [9.17, 15) is 10.2 Å². The van der Waals surface area contributed by atoms with Crippen LogP contribution in [0.1, 0.15) is 130 Å². The minimum absolute atomic E-state index is 0. The number of rotatable bonds is 7. The average Bonchev–Trinajstić information content (AvgIpc) is 3.13. The van der Waals surface area contributed by atoms with Crippen molar-refractivity contribution >= 4 is 92.4 Å². The van der Waals surface area contributed by atoms with E-state index in [4.69, 9.17) is 89.1 Å². The standard InChI is InChI=1S/C32H48N2.C12H2Cl6O4.Ni/c1-13-15-28(34-30-25(21(2)3)16-14-17-26(30)22(4)5)23(6)33-29-20-24(31(7,8)9)18-19-27(29)32(10,11)12;13-1-2(14)4(16)10-9(3(1)15)21-11-5(17)7(19)8(20)6(18)12(11)22-10;/h14,16-22H,13,15H2,1-12H3;19-20H;/q;;+2/p-2. The van der Waals surface area contributed by atoms with Gasteiger partial charge in [0.2, 0.25) is 0 Å². The number of fused-ring (bicyclic) bond motifs is 2. The molecule has 310 valence electrons. The van der Waals surface area contributed by atoms with Crippen LogP contribution in [0.5, 0.6) is 34.5 Å². The van der Waals surface area contributed by atoms with Crippen LogP contribution >= 0.6 is 69.6 Å². The van der Waals surface area contributed by atoms with Crippen molar-refractivity contribution in [3.8, 4) is 34.5 Å². The molecule has 1 aliphatic heterocycles. The number of halogens is 6. The van der Waals surface area contributed by atoms with Gasteiger partial charge in [0.25, 0.3) is 0 Å². The molecule has 13 heteroatoms. The molecule has 0 unspecified atom stereocenters. The summed E-state index contributed by atoms with van der Waals surface area (Å²) in [5, 5.41) is 22.0. The first-order valence-corrected chi connectivity index (χ1v) is 20.7. The zero-order chi connectivity index (χ0) is 42.2. The Morgan fingerprint density at radius 3 is 1.47 bits per heavy atom. The van der Waals surface area contributed by atoms with Crippen molar-refractivity contribution in [3.63, 3.8) is 0 Å². The molecule has 0 N–H and O–H groups in total. The Balaban J connectivity index is 0.000000326. The predicted molar refractivity (Wildman–Crippen MR) is 235 cm³/mol. The van der Waals surface area contributed by atoms with Crippen molar-refractivity contribution in [3.05, 3.63) is 88.8 Å². The largest absolute Gasteiger partial charge is 2.00 e. The Morgan fingerprint density at radius 1 is 0.649 bits per heavy atom. The van der Waals surface area contributed by atoms with Gasteiger partial charge in [-0.3, -0.25) is 9.98 Å². The second-order valence-corrected chi connectivity index (χ2v) is 18.7. The van der Waals surface area contributed by atoms with Gasteiger partial charge in [0.05, 0.1) is 42.9 Å². The second-order valence-electron chi connectivity index (χ2n) is 16.4. The molecule has 5 rings (SSSR count). The molecule has 0 spiro atoms. The minimum Gasteiger partial charge on any atom is -0.872 e. The number of para-hydroxylation sites is 1. The van der Waals surface area contributed by atoms with Crippen LogP contribution in [0.15, 0.2) is 46.4 Å². The molecule has 0 saturated heterocycles. The second kappa shape index (κ2) is 19.4. The average molecular weight is 940 g/mol. The maximum absolute atomic E-state index is 11.7. The number of hydrogen-bond acceptors (Lipinski definition) is 6. The van der Waals surface area contributed by atoms with E-state index in [2.05, 4.69) is 119 Å². The summed E-state index contributed by atoms with van der Waals surface area (Å²) in [5.74, 6) is -1.89. The number of aliphatic imine (C=N–C) groups is 2. The van der Waals surface area contributed by atoms with Gasteiger partial charge < -0.3 is 19.7 Å². The summed E-state index contributed by atoms with van der Waals surface area (Å²) in [7, 11) is 0. The Hall–Kier alpha value is -2.35. The summed E-state index contributed by atoms with van der Waals surface area (Å²) in [6.07, 6.45) is 1.96. The molecule has 57 heavy (non-hydrogen) atoms. The van der Waals surface area contributed by atoms with E-state index < -0.39 is 21.5 Å². The van der Waals surface area contributed by atoms with E-state index >= 15 is 0 Å². The van der Waals surface area contributed by atoms with Gasteiger partial charge >= 0.3 is 16.5 Å². The Bertz CT molecular complexity index is 2040. The van der Waals surface area contributed by atoms with Crippen LogP contribution in [-0.2, 0) is 27.3 Å². The van der Waals surface area contributed by atoms with Crippen LogP contribution in [-0.4, -0.2) is 11.4 Å². The van der Waals surface area contributed by atoms with Crippen LogP contribution in [0.3, 0.4) is 0 Å². The van der Waals surface area contributed by atoms with Gasteiger partial charge in [0, 0.05) is 0 Å². The van der Waals surface area contributed by atoms with E-state index in [1.54, 1.807) is 0 Å². The summed E-state index contributed by atoms with van der Waals surface area (Å²) in [6, 6.07) is 13.5. The zero-order valence-electron chi connectivity index (χ0n) is 34.1. The van der Waals surface area contributed by atoms with Gasteiger partial charge in [-0.15, -0.1) is 0 Å². The van der Waals surface area contributed by atoms with Gasteiger partial charge in [-0.1, -0.05) is 194 Å². The maximum atomic E-state index is 11.7. The quantitative estimate of drug-likeness (QED) is 0.0704. The third kappa shape index (κ3) is 10.7. The molecule has 0 aliphatic carbocycles. The van der Waals surface area contributed by atoms with Crippen molar-refractivity contribution in [1.29, 1.82) is 0 Å². The van der Waals surface area contributed by atoms with Crippen molar-refractivity contribution < 1.29 is 36.2 Å². The van der Waals surface area contributed by atoms with Crippen molar-refractivity contribution in [2.45, 2.75) is 119 Å².